The van der Waals surface area contributed by atoms with Gasteiger partial charge in [0.25, 0.3) is 0 Å². The van der Waals surface area contributed by atoms with Crippen LogP contribution in [0.5, 0.6) is 0 Å². The number of hydrogen-bond acceptors (Lipinski definition) is 6. The number of methoxy groups -OCH3 is 1. The molecule has 3 heterocycles. The molecule has 200 valence electrons. The molecule has 1 amide bonds. The summed E-state index contributed by atoms with van der Waals surface area (Å²) < 4.78 is 21.4. The summed E-state index contributed by atoms with van der Waals surface area (Å²) in [7, 11) is 1.64. The van der Waals surface area contributed by atoms with Crippen LogP contribution < -0.4 is 10.6 Å². The summed E-state index contributed by atoms with van der Waals surface area (Å²) in [6.45, 7) is 11.1. The van der Waals surface area contributed by atoms with E-state index in [4.69, 9.17) is 16.3 Å². The van der Waals surface area contributed by atoms with Crippen molar-refractivity contribution in [1.29, 1.82) is 0 Å². The van der Waals surface area contributed by atoms with Crippen LogP contribution in [0, 0.1) is 12.7 Å². The van der Waals surface area contributed by atoms with Crippen LogP contribution in [0.2, 0.25) is 5.02 Å². The molecule has 1 saturated heterocycles. The number of nitrogens with zero attached hydrogens (tertiary/aromatic N) is 4. The molecule has 0 bridgehead atoms. The Morgan fingerprint density at radius 3 is 2.58 bits per heavy atom. The number of carbonyl (C=O) groups is 1. The number of anilines is 1. The number of aryl methyl sites for hydroxylation is 1. The summed E-state index contributed by atoms with van der Waals surface area (Å²) in [5.41, 5.74) is 3.10. The number of ether oxygens (including phenoxy) is 1. The van der Waals surface area contributed by atoms with Crippen LogP contribution in [0.15, 0.2) is 46.6 Å². The van der Waals surface area contributed by atoms with E-state index < -0.39 is 5.82 Å². The average Bonchev–Trinajstić information content (AvgIpc) is 3.08. The number of halogens is 2. The van der Waals surface area contributed by atoms with E-state index in [0.29, 0.717) is 31.2 Å². The minimum atomic E-state index is -0.479. The maximum atomic E-state index is 14.0. The Bertz CT molecular complexity index is 1500. The van der Waals surface area contributed by atoms with E-state index in [9.17, 15) is 14.0 Å². The largest absolute Gasteiger partial charge is 0.379 e. The summed E-state index contributed by atoms with van der Waals surface area (Å²) in [5, 5.41) is 0.909. The SMILES string of the molecule is C=CC(=O)N1[C@H](C)CN(c2nc(=O)n3c4c(c(-c5ccc(F)c(Cl)c5)c(C)cc24)SC[C@H](OC)C3)C[C@@H]1C. The van der Waals surface area contributed by atoms with Gasteiger partial charge in [-0.3, -0.25) is 9.36 Å². The lowest BCUT2D eigenvalue weighted by molar-refractivity contribution is -0.130. The first-order chi connectivity index (χ1) is 18.1. The first-order valence-corrected chi connectivity index (χ1v) is 13.9. The van der Waals surface area contributed by atoms with Crippen LogP contribution in [0.25, 0.3) is 22.0 Å². The molecule has 0 aliphatic carbocycles. The van der Waals surface area contributed by atoms with Crippen molar-refractivity contribution in [3.05, 3.63) is 63.8 Å². The standard InChI is InChI=1S/C28H30ClFN4O3S/c1-6-23(35)34-16(3)11-32(12-17(34)4)27-20-9-15(2)24(18-7-8-22(30)21(29)10-18)26-25(20)33(28(36)31-27)13-19(37-5)14-38-26/h6-10,16-17,19H,1,11-14H2,2-5H3/t16-,17+,19-/m1/s1. The van der Waals surface area contributed by atoms with Gasteiger partial charge in [-0.2, -0.15) is 4.98 Å². The van der Waals surface area contributed by atoms with E-state index in [1.54, 1.807) is 35.6 Å². The Hall–Kier alpha value is -2.88. The molecule has 5 rings (SSSR count). The molecule has 10 heteroatoms. The topological polar surface area (TPSA) is 67.7 Å². The third kappa shape index (κ3) is 4.50. The fourth-order valence-electron chi connectivity index (χ4n) is 5.69. The van der Waals surface area contributed by atoms with Crippen LogP contribution in [0.4, 0.5) is 10.2 Å². The van der Waals surface area contributed by atoms with Crippen LogP contribution in [0.1, 0.15) is 19.4 Å². The molecule has 0 spiro atoms. The molecule has 0 unspecified atom stereocenters. The Morgan fingerprint density at radius 1 is 1.24 bits per heavy atom. The highest BCUT2D eigenvalue weighted by Crippen LogP contribution is 2.44. The monoisotopic (exact) mass is 556 g/mol. The number of carbonyl (C=O) groups excluding carboxylic acids is 1. The number of aromatic nitrogens is 2. The highest BCUT2D eigenvalue weighted by Gasteiger charge is 2.34. The van der Waals surface area contributed by atoms with Gasteiger partial charge in [0.2, 0.25) is 5.91 Å². The van der Waals surface area contributed by atoms with Gasteiger partial charge in [0, 0.05) is 53.9 Å². The summed E-state index contributed by atoms with van der Waals surface area (Å²) in [6, 6.07) is 6.58. The molecule has 3 atom stereocenters. The third-order valence-electron chi connectivity index (χ3n) is 7.38. The Balaban J connectivity index is 1.74. The Labute approximate surface area is 230 Å². The molecule has 0 saturated carbocycles. The van der Waals surface area contributed by atoms with E-state index in [1.165, 1.54) is 12.1 Å². The summed E-state index contributed by atoms with van der Waals surface area (Å²) in [4.78, 5) is 35.5. The number of rotatable bonds is 4. The lowest BCUT2D eigenvalue weighted by Gasteiger charge is -2.44. The van der Waals surface area contributed by atoms with Crippen molar-refractivity contribution < 1.29 is 13.9 Å². The zero-order valence-electron chi connectivity index (χ0n) is 21.8. The van der Waals surface area contributed by atoms with E-state index in [1.807, 2.05) is 31.7 Å². The highest BCUT2D eigenvalue weighted by molar-refractivity contribution is 7.99. The van der Waals surface area contributed by atoms with Crippen molar-refractivity contribution in [3.8, 4) is 11.1 Å². The second kappa shape index (κ2) is 10.4. The zero-order chi connectivity index (χ0) is 27.3. The molecule has 2 aromatic carbocycles. The van der Waals surface area contributed by atoms with Gasteiger partial charge < -0.3 is 14.5 Å². The maximum Gasteiger partial charge on any atom is 0.350 e. The molecule has 1 fully saturated rings. The van der Waals surface area contributed by atoms with E-state index in [-0.39, 0.29) is 34.8 Å². The molecule has 2 aliphatic rings. The lowest BCUT2D eigenvalue weighted by atomic mass is 9.97. The van der Waals surface area contributed by atoms with Crippen molar-refractivity contribution in [2.75, 3.05) is 30.9 Å². The fourth-order valence-corrected chi connectivity index (χ4v) is 7.25. The Kier molecular flexibility index (Phi) is 7.28. The second-order valence-corrected chi connectivity index (χ2v) is 11.4. The van der Waals surface area contributed by atoms with Gasteiger partial charge >= 0.3 is 5.69 Å². The van der Waals surface area contributed by atoms with E-state index in [0.717, 1.165) is 32.5 Å². The lowest BCUT2D eigenvalue weighted by Crippen LogP contribution is -2.58. The third-order valence-corrected chi connectivity index (χ3v) is 8.90. The smallest absolute Gasteiger partial charge is 0.350 e. The molecule has 1 aromatic heterocycles. The first kappa shape index (κ1) is 26.7. The zero-order valence-corrected chi connectivity index (χ0v) is 23.4. The van der Waals surface area contributed by atoms with Crippen LogP contribution >= 0.6 is 23.4 Å². The number of hydrogen-bond donors (Lipinski definition) is 0. The highest BCUT2D eigenvalue weighted by atomic mass is 35.5. The van der Waals surface area contributed by atoms with Gasteiger partial charge in [-0.15, -0.1) is 11.8 Å². The average molecular weight is 557 g/mol. The molecule has 2 aliphatic heterocycles. The second-order valence-electron chi connectivity index (χ2n) is 9.97. The first-order valence-electron chi connectivity index (χ1n) is 12.5. The van der Waals surface area contributed by atoms with Gasteiger partial charge in [0.05, 0.1) is 23.2 Å². The fraction of sp³-hybridized carbons (Fsp3) is 0.393. The molecule has 38 heavy (non-hydrogen) atoms. The summed E-state index contributed by atoms with van der Waals surface area (Å²) in [5.74, 6) is 0.665. The van der Waals surface area contributed by atoms with Crippen LogP contribution in [-0.4, -0.2) is 64.5 Å². The summed E-state index contributed by atoms with van der Waals surface area (Å²) in [6.07, 6.45) is 1.16. The Morgan fingerprint density at radius 2 is 1.95 bits per heavy atom. The van der Waals surface area contributed by atoms with Gasteiger partial charge in [0.1, 0.15) is 11.6 Å². The maximum absolute atomic E-state index is 14.0. The van der Waals surface area contributed by atoms with Gasteiger partial charge in [-0.1, -0.05) is 24.2 Å². The number of benzene rings is 2. The van der Waals surface area contributed by atoms with Gasteiger partial charge in [0.15, 0.2) is 0 Å². The molecule has 0 N–H and O–H groups in total. The van der Waals surface area contributed by atoms with Crippen molar-refractivity contribution >= 4 is 46.0 Å². The molecule has 3 aromatic rings. The minimum absolute atomic E-state index is 0.0466. The molecular formula is C28H30ClFN4O3S. The predicted octanol–water partition coefficient (Wildman–Crippen LogP) is 4.90. The van der Waals surface area contributed by atoms with Gasteiger partial charge in [-0.25, -0.2) is 9.18 Å². The quantitative estimate of drug-likeness (QED) is 0.426. The number of thioether (sulfide) groups is 1. The van der Waals surface area contributed by atoms with E-state index in [2.05, 4.69) is 16.5 Å². The summed E-state index contributed by atoms with van der Waals surface area (Å²) >= 11 is 7.79. The van der Waals surface area contributed by atoms with E-state index >= 15 is 0 Å². The van der Waals surface area contributed by atoms with Crippen LogP contribution in [-0.2, 0) is 16.1 Å². The van der Waals surface area contributed by atoms with Crippen molar-refractivity contribution in [2.24, 2.45) is 0 Å². The van der Waals surface area contributed by atoms with Crippen molar-refractivity contribution in [3.63, 3.8) is 0 Å². The van der Waals surface area contributed by atoms with Gasteiger partial charge in [-0.05, 0) is 56.2 Å². The van der Waals surface area contributed by atoms with Crippen molar-refractivity contribution in [2.45, 2.75) is 50.4 Å². The number of amides is 1. The van der Waals surface area contributed by atoms with Crippen molar-refractivity contribution in [1.82, 2.24) is 14.5 Å². The molecule has 7 nitrogen and oxygen atoms in total. The normalized spacial score (nSPS) is 21.5. The minimum Gasteiger partial charge on any atom is -0.379 e. The number of piperazine rings is 1. The molecule has 0 radical (unpaired) electrons. The molecular weight excluding hydrogens is 527 g/mol. The van der Waals surface area contributed by atoms with Crippen LogP contribution in [0.3, 0.4) is 0 Å². The predicted molar refractivity (Wildman–Crippen MR) is 151 cm³/mol.